The van der Waals surface area contributed by atoms with E-state index in [0.717, 1.165) is 42.6 Å². The van der Waals surface area contributed by atoms with Crippen LogP contribution in [0.4, 0.5) is 0 Å². The first-order valence-electron chi connectivity index (χ1n) is 11.5. The Balaban J connectivity index is 1.56. The van der Waals surface area contributed by atoms with Crippen LogP contribution >= 0.6 is 0 Å². The Morgan fingerprint density at radius 3 is 1.91 bits per heavy atom. The van der Waals surface area contributed by atoms with E-state index < -0.39 is 11.0 Å². The number of carbonyl (C=O) groups is 1. The normalized spacial score (nSPS) is 15.7. The fourth-order valence-corrected chi connectivity index (χ4v) is 4.76. The molecule has 0 unspecified atom stereocenters. The van der Waals surface area contributed by atoms with Gasteiger partial charge in [0.2, 0.25) is 0 Å². The van der Waals surface area contributed by atoms with Crippen molar-refractivity contribution in [3.63, 3.8) is 0 Å². The number of piperidine rings is 1. The zero-order valence-corrected chi connectivity index (χ0v) is 19.0. The molecule has 5 heteroatoms. The van der Waals surface area contributed by atoms with Crippen molar-refractivity contribution < 1.29 is 19.7 Å². The molecule has 0 aliphatic carbocycles. The molecule has 33 heavy (non-hydrogen) atoms. The number of rotatable bonds is 7. The van der Waals surface area contributed by atoms with Crippen LogP contribution in [0.15, 0.2) is 78.9 Å². The molecule has 0 amide bonds. The highest BCUT2D eigenvalue weighted by Gasteiger charge is 2.38. The lowest BCUT2D eigenvalue weighted by atomic mass is 9.73. The number of phenols is 2. The molecule has 1 heterocycles. The molecule has 0 aromatic heterocycles. The molecule has 5 nitrogen and oxygen atoms in total. The fourth-order valence-electron chi connectivity index (χ4n) is 4.76. The summed E-state index contributed by atoms with van der Waals surface area (Å²) in [6.45, 7) is 3.69. The minimum Gasteiger partial charge on any atom is -0.508 e. The van der Waals surface area contributed by atoms with Gasteiger partial charge < -0.3 is 20.3 Å². The van der Waals surface area contributed by atoms with E-state index in [1.165, 1.54) is 0 Å². The molecule has 1 aliphatic heterocycles. The van der Waals surface area contributed by atoms with E-state index >= 15 is 0 Å². The summed E-state index contributed by atoms with van der Waals surface area (Å²) in [5, 5.41) is 22.9. The molecule has 3 aromatic carbocycles. The van der Waals surface area contributed by atoms with Gasteiger partial charge in [-0.3, -0.25) is 4.79 Å². The van der Waals surface area contributed by atoms with Crippen molar-refractivity contribution in [2.45, 2.75) is 43.6 Å². The zero-order valence-electron chi connectivity index (χ0n) is 19.0. The van der Waals surface area contributed by atoms with E-state index in [9.17, 15) is 15.0 Å². The third kappa shape index (κ3) is 5.04. The van der Waals surface area contributed by atoms with Crippen LogP contribution in [0.3, 0.4) is 0 Å². The van der Waals surface area contributed by atoms with Crippen LogP contribution in [0.1, 0.15) is 49.3 Å². The van der Waals surface area contributed by atoms with Crippen LogP contribution in [0.2, 0.25) is 0 Å². The van der Waals surface area contributed by atoms with Gasteiger partial charge in [0.05, 0.1) is 0 Å². The minimum atomic E-state index is -0.600. The molecule has 0 radical (unpaired) electrons. The summed E-state index contributed by atoms with van der Waals surface area (Å²) in [5.74, 6) is 0.174. The highest BCUT2D eigenvalue weighted by Crippen LogP contribution is 2.39. The first-order valence-corrected chi connectivity index (χ1v) is 11.5. The molecule has 0 atom stereocenters. The summed E-state index contributed by atoms with van der Waals surface area (Å²) in [4.78, 5) is 13.2. The van der Waals surface area contributed by atoms with Gasteiger partial charge in [-0.25, -0.2) is 0 Å². The van der Waals surface area contributed by atoms with Gasteiger partial charge in [0, 0.05) is 24.7 Å². The van der Waals surface area contributed by atoms with E-state index in [1.807, 2.05) is 54.6 Å². The summed E-state index contributed by atoms with van der Waals surface area (Å²) >= 11 is 0. The Kier molecular flexibility index (Phi) is 6.70. The lowest BCUT2D eigenvalue weighted by Crippen LogP contribution is -2.43. The first kappa shape index (κ1) is 22.9. The second-order valence-electron chi connectivity index (χ2n) is 9.01. The van der Waals surface area contributed by atoms with E-state index in [-0.39, 0.29) is 23.9 Å². The Bertz CT molecular complexity index is 1010. The van der Waals surface area contributed by atoms with Gasteiger partial charge >= 0.3 is 5.97 Å². The number of hydrogen-bond donors (Lipinski definition) is 3. The third-order valence-electron chi connectivity index (χ3n) is 6.86. The van der Waals surface area contributed by atoms with Gasteiger partial charge in [-0.15, -0.1) is 0 Å². The molecule has 0 saturated carbocycles. The minimum absolute atomic E-state index is 0.196. The number of esters is 1. The predicted molar refractivity (Wildman–Crippen MR) is 128 cm³/mol. The summed E-state index contributed by atoms with van der Waals surface area (Å²) in [6.07, 6.45) is 2.27. The van der Waals surface area contributed by atoms with E-state index in [2.05, 4.69) is 12.2 Å². The first-order chi connectivity index (χ1) is 15.9. The number of phenolic OH excluding ortho intramolecular Hbond substituents is 2. The van der Waals surface area contributed by atoms with Crippen LogP contribution in [-0.4, -0.2) is 29.3 Å². The van der Waals surface area contributed by atoms with E-state index in [1.54, 1.807) is 24.3 Å². The number of benzene rings is 3. The van der Waals surface area contributed by atoms with Crippen LogP contribution < -0.4 is 5.32 Å². The second kappa shape index (κ2) is 9.67. The van der Waals surface area contributed by atoms with Gasteiger partial charge in [0.15, 0.2) is 0 Å². The average molecular weight is 446 g/mol. The van der Waals surface area contributed by atoms with Crippen molar-refractivity contribution in [3.8, 4) is 11.5 Å². The quantitative estimate of drug-likeness (QED) is 0.446. The standard InChI is InChI=1S/C28H31NO4/c1-27(21-7-11-24(30)12-8-21,22-9-13-25(31)14-10-22)16-15-26(32)33-28(17-19-29-20-18-28)23-5-3-2-4-6-23/h2-14,29-31H,15-20H2,1H3. The SMILES string of the molecule is CC(CCC(=O)OC1(c2ccccc2)CCNCC1)(c1ccc(O)cc1)c1ccc(O)cc1. The summed E-state index contributed by atoms with van der Waals surface area (Å²) in [5.41, 5.74) is 1.92. The van der Waals surface area contributed by atoms with Crippen molar-refractivity contribution in [1.29, 1.82) is 0 Å². The molecule has 3 aromatic rings. The Morgan fingerprint density at radius 2 is 1.39 bits per heavy atom. The van der Waals surface area contributed by atoms with E-state index in [0.29, 0.717) is 6.42 Å². The third-order valence-corrected chi connectivity index (χ3v) is 6.86. The molecule has 4 rings (SSSR count). The van der Waals surface area contributed by atoms with E-state index in [4.69, 9.17) is 4.74 Å². The van der Waals surface area contributed by atoms with Gasteiger partial charge in [0.25, 0.3) is 0 Å². The summed E-state index contributed by atoms with van der Waals surface area (Å²) in [6, 6.07) is 24.2. The molecule has 1 aliphatic rings. The molecular formula is C28H31NO4. The molecule has 1 saturated heterocycles. The Hall–Kier alpha value is -3.31. The monoisotopic (exact) mass is 445 g/mol. The van der Waals surface area contributed by atoms with Gasteiger partial charge in [0.1, 0.15) is 17.1 Å². The maximum atomic E-state index is 13.2. The van der Waals surface area contributed by atoms with Crippen LogP contribution in [0, 0.1) is 0 Å². The average Bonchev–Trinajstić information content (AvgIpc) is 2.84. The lowest BCUT2D eigenvalue weighted by Gasteiger charge is -2.38. The van der Waals surface area contributed by atoms with Crippen LogP contribution in [0.25, 0.3) is 0 Å². The van der Waals surface area contributed by atoms with Crippen molar-refractivity contribution in [2.24, 2.45) is 0 Å². The van der Waals surface area contributed by atoms with Crippen LogP contribution in [0.5, 0.6) is 11.5 Å². The van der Waals surface area contributed by atoms with Crippen molar-refractivity contribution in [1.82, 2.24) is 5.32 Å². The molecule has 1 fully saturated rings. The number of nitrogens with one attached hydrogen (secondary N) is 1. The van der Waals surface area contributed by atoms with Gasteiger partial charge in [-0.05, 0) is 60.5 Å². The topological polar surface area (TPSA) is 78.8 Å². The Morgan fingerprint density at radius 1 is 0.879 bits per heavy atom. The molecular weight excluding hydrogens is 414 g/mol. The second-order valence-corrected chi connectivity index (χ2v) is 9.01. The summed E-state index contributed by atoms with van der Waals surface area (Å²) in [7, 11) is 0. The van der Waals surface area contributed by atoms with Gasteiger partial charge in [-0.2, -0.15) is 0 Å². The highest BCUT2D eigenvalue weighted by atomic mass is 16.6. The van der Waals surface area contributed by atoms with Crippen molar-refractivity contribution >= 4 is 5.97 Å². The lowest BCUT2D eigenvalue weighted by molar-refractivity contribution is -0.164. The largest absolute Gasteiger partial charge is 0.508 e. The van der Waals surface area contributed by atoms with Crippen LogP contribution in [-0.2, 0) is 20.5 Å². The number of aromatic hydroxyl groups is 2. The van der Waals surface area contributed by atoms with Crippen molar-refractivity contribution in [2.75, 3.05) is 13.1 Å². The van der Waals surface area contributed by atoms with Gasteiger partial charge in [-0.1, -0.05) is 61.5 Å². The molecule has 0 bridgehead atoms. The van der Waals surface area contributed by atoms with Crippen molar-refractivity contribution in [3.05, 3.63) is 95.6 Å². The number of ether oxygens (including phenoxy) is 1. The molecule has 3 N–H and O–H groups in total. The fraction of sp³-hybridized carbons (Fsp3) is 0.321. The maximum Gasteiger partial charge on any atom is 0.306 e. The number of hydrogen-bond acceptors (Lipinski definition) is 5. The maximum absolute atomic E-state index is 13.2. The zero-order chi connectivity index (χ0) is 23.3. The summed E-state index contributed by atoms with van der Waals surface area (Å²) < 4.78 is 6.21. The molecule has 0 spiro atoms. The predicted octanol–water partition coefficient (Wildman–Crippen LogP) is 5.01. The Labute approximate surface area is 195 Å². The smallest absolute Gasteiger partial charge is 0.306 e. The highest BCUT2D eigenvalue weighted by molar-refractivity contribution is 5.70. The number of carbonyl (C=O) groups excluding carboxylic acids is 1. The molecule has 172 valence electrons.